The van der Waals surface area contributed by atoms with E-state index in [1.54, 1.807) is 12.1 Å². The first-order chi connectivity index (χ1) is 13.4. The molecule has 28 heavy (non-hydrogen) atoms. The molecule has 2 heterocycles. The molecule has 0 saturated heterocycles. The predicted octanol–water partition coefficient (Wildman–Crippen LogP) is 3.80. The molecule has 0 spiro atoms. The summed E-state index contributed by atoms with van der Waals surface area (Å²) < 4.78 is 25.6. The lowest BCUT2D eigenvalue weighted by atomic mass is 10.1. The molecule has 146 valence electrons. The number of primary sulfonamides is 1. The second kappa shape index (κ2) is 7.58. The molecule has 8 heteroatoms. The third-order valence-corrected chi connectivity index (χ3v) is 6.31. The van der Waals surface area contributed by atoms with Crippen LogP contribution < -0.4 is 10.5 Å². The topological polar surface area (TPSA) is 90.0 Å². The van der Waals surface area contributed by atoms with E-state index < -0.39 is 10.0 Å². The highest BCUT2D eigenvalue weighted by molar-refractivity contribution is 7.89. The molecule has 6 nitrogen and oxygen atoms in total. The summed E-state index contributed by atoms with van der Waals surface area (Å²) >= 11 is 5.95. The van der Waals surface area contributed by atoms with Crippen molar-refractivity contribution in [2.24, 2.45) is 5.14 Å². The molecule has 1 aliphatic rings. The van der Waals surface area contributed by atoms with E-state index in [2.05, 4.69) is 27.0 Å². The van der Waals surface area contributed by atoms with Crippen LogP contribution in [0.4, 0.5) is 5.69 Å². The third-order valence-electron chi connectivity index (χ3n) is 4.92. The summed E-state index contributed by atoms with van der Waals surface area (Å²) in [7, 11) is -3.85. The average Bonchev–Trinajstić information content (AvgIpc) is 3.11. The zero-order valence-electron chi connectivity index (χ0n) is 15.2. The smallest absolute Gasteiger partial charge is 0.239 e. The number of rotatable bonds is 5. The molecule has 0 atom stereocenters. The van der Waals surface area contributed by atoms with Crippen molar-refractivity contribution >= 4 is 27.3 Å². The van der Waals surface area contributed by atoms with Gasteiger partial charge in [-0.25, -0.2) is 18.5 Å². The van der Waals surface area contributed by atoms with Crippen LogP contribution in [0.1, 0.15) is 24.1 Å². The molecule has 1 aliphatic heterocycles. The van der Waals surface area contributed by atoms with Crippen molar-refractivity contribution in [3.05, 3.63) is 64.9 Å². The van der Waals surface area contributed by atoms with Gasteiger partial charge >= 0.3 is 0 Å². The van der Waals surface area contributed by atoms with Gasteiger partial charge in [-0.1, -0.05) is 29.8 Å². The van der Waals surface area contributed by atoms with Gasteiger partial charge in [0.25, 0.3) is 0 Å². The van der Waals surface area contributed by atoms with Crippen LogP contribution in [0, 0.1) is 0 Å². The quantitative estimate of drug-likeness (QED) is 0.661. The standard InChI is InChI=1S/C20H21ClN4O2S/c21-18-8-7-14(10-19(18)28(22,26)27)12-23-16-5-3-4-15(11-16)20-24-13-17-6-1-2-9-25(17)20/h3-5,7-8,10-11,13,23H,1-2,6,9,12H2,(H2,22,26,27). The van der Waals surface area contributed by atoms with Crippen molar-refractivity contribution in [3.8, 4) is 11.4 Å². The number of fused-ring (bicyclic) bond motifs is 1. The highest BCUT2D eigenvalue weighted by Gasteiger charge is 2.16. The zero-order valence-corrected chi connectivity index (χ0v) is 16.8. The van der Waals surface area contributed by atoms with Gasteiger partial charge in [0.1, 0.15) is 10.7 Å². The molecule has 0 aliphatic carbocycles. The molecule has 0 saturated carbocycles. The van der Waals surface area contributed by atoms with Gasteiger partial charge in [0.05, 0.1) is 5.02 Å². The minimum Gasteiger partial charge on any atom is -0.381 e. The van der Waals surface area contributed by atoms with Gasteiger partial charge in [-0.15, -0.1) is 0 Å². The Labute approximate surface area is 169 Å². The maximum absolute atomic E-state index is 11.6. The first-order valence-corrected chi connectivity index (χ1v) is 11.0. The molecule has 3 aromatic rings. The number of hydrogen-bond donors (Lipinski definition) is 2. The molecule has 1 aromatic heterocycles. The summed E-state index contributed by atoms with van der Waals surface area (Å²) in [5.41, 5.74) is 4.05. The Hall–Kier alpha value is -2.35. The van der Waals surface area contributed by atoms with Crippen LogP contribution in [0.15, 0.2) is 53.6 Å². The summed E-state index contributed by atoms with van der Waals surface area (Å²) in [6.45, 7) is 1.45. The van der Waals surface area contributed by atoms with E-state index in [0.29, 0.717) is 6.54 Å². The van der Waals surface area contributed by atoms with Gasteiger partial charge in [0.15, 0.2) is 0 Å². The number of aryl methyl sites for hydroxylation is 1. The number of nitrogens with two attached hydrogens (primary N) is 1. The third kappa shape index (κ3) is 3.92. The molecule has 0 amide bonds. The van der Waals surface area contributed by atoms with Gasteiger partial charge in [-0.05, 0) is 49.1 Å². The van der Waals surface area contributed by atoms with E-state index in [0.717, 1.165) is 35.6 Å². The van der Waals surface area contributed by atoms with Gasteiger partial charge in [-0.2, -0.15) is 0 Å². The first-order valence-electron chi connectivity index (χ1n) is 9.12. The fourth-order valence-electron chi connectivity index (χ4n) is 3.51. The van der Waals surface area contributed by atoms with Crippen LogP contribution in [-0.2, 0) is 29.5 Å². The number of halogens is 1. The number of aromatic nitrogens is 2. The fraction of sp³-hybridized carbons (Fsp3) is 0.250. The second-order valence-corrected chi connectivity index (χ2v) is 8.86. The molecule has 0 unspecified atom stereocenters. The van der Waals surface area contributed by atoms with Crippen molar-refractivity contribution in [1.29, 1.82) is 0 Å². The number of nitrogens with zero attached hydrogens (tertiary/aromatic N) is 2. The monoisotopic (exact) mass is 416 g/mol. The largest absolute Gasteiger partial charge is 0.381 e. The fourth-order valence-corrected chi connectivity index (χ4v) is 4.61. The normalized spacial score (nSPS) is 13.9. The van der Waals surface area contributed by atoms with Gasteiger partial charge in [0, 0.05) is 36.2 Å². The molecule has 0 radical (unpaired) electrons. The molecular formula is C20H21ClN4O2S. The van der Waals surface area contributed by atoms with E-state index in [4.69, 9.17) is 16.7 Å². The van der Waals surface area contributed by atoms with Crippen LogP contribution in [0.3, 0.4) is 0 Å². The maximum Gasteiger partial charge on any atom is 0.239 e. The molecular weight excluding hydrogens is 396 g/mol. The SMILES string of the molecule is NS(=O)(=O)c1cc(CNc2cccc(-c3ncc4n3CCCC4)c2)ccc1Cl. The highest BCUT2D eigenvalue weighted by atomic mass is 35.5. The van der Waals surface area contributed by atoms with Crippen LogP contribution in [0.5, 0.6) is 0 Å². The van der Waals surface area contributed by atoms with Gasteiger partial charge < -0.3 is 9.88 Å². The minimum absolute atomic E-state index is 0.0637. The van der Waals surface area contributed by atoms with E-state index in [9.17, 15) is 8.42 Å². The lowest BCUT2D eigenvalue weighted by Gasteiger charge is -2.17. The Morgan fingerprint density at radius 3 is 2.86 bits per heavy atom. The molecule has 2 aromatic carbocycles. The molecule has 0 fully saturated rings. The summed E-state index contributed by atoms with van der Waals surface area (Å²) in [6.07, 6.45) is 5.44. The van der Waals surface area contributed by atoms with E-state index >= 15 is 0 Å². The predicted molar refractivity (Wildman–Crippen MR) is 111 cm³/mol. The van der Waals surface area contributed by atoms with Crippen LogP contribution >= 0.6 is 11.6 Å². The van der Waals surface area contributed by atoms with Crippen molar-refractivity contribution in [3.63, 3.8) is 0 Å². The summed E-state index contributed by atoms with van der Waals surface area (Å²) in [4.78, 5) is 4.55. The maximum atomic E-state index is 11.6. The lowest BCUT2D eigenvalue weighted by molar-refractivity contribution is 0.536. The van der Waals surface area contributed by atoms with Gasteiger partial charge in [-0.3, -0.25) is 0 Å². The van der Waals surface area contributed by atoms with E-state index in [-0.39, 0.29) is 9.92 Å². The van der Waals surface area contributed by atoms with Crippen molar-refractivity contribution in [2.75, 3.05) is 5.32 Å². The van der Waals surface area contributed by atoms with Crippen molar-refractivity contribution in [2.45, 2.75) is 37.2 Å². The zero-order chi connectivity index (χ0) is 19.7. The number of sulfonamides is 1. The number of hydrogen-bond acceptors (Lipinski definition) is 4. The first kappa shape index (κ1) is 19.0. The minimum atomic E-state index is -3.85. The van der Waals surface area contributed by atoms with E-state index in [1.807, 2.05) is 18.3 Å². The van der Waals surface area contributed by atoms with Crippen LogP contribution in [-0.4, -0.2) is 18.0 Å². The Bertz CT molecular complexity index is 1120. The lowest BCUT2D eigenvalue weighted by Crippen LogP contribution is -2.13. The van der Waals surface area contributed by atoms with Crippen LogP contribution in [0.2, 0.25) is 5.02 Å². The van der Waals surface area contributed by atoms with Crippen LogP contribution in [0.25, 0.3) is 11.4 Å². The average molecular weight is 417 g/mol. The number of imidazole rings is 1. The van der Waals surface area contributed by atoms with E-state index in [1.165, 1.54) is 24.6 Å². The number of anilines is 1. The molecule has 0 bridgehead atoms. The Morgan fingerprint density at radius 1 is 1.18 bits per heavy atom. The second-order valence-electron chi connectivity index (χ2n) is 6.93. The molecule has 4 rings (SSSR count). The summed E-state index contributed by atoms with van der Waals surface area (Å²) in [5, 5.41) is 8.67. The Morgan fingerprint density at radius 2 is 2.04 bits per heavy atom. The summed E-state index contributed by atoms with van der Waals surface area (Å²) in [6, 6.07) is 12.9. The van der Waals surface area contributed by atoms with Crippen molar-refractivity contribution in [1.82, 2.24) is 9.55 Å². The Kier molecular flexibility index (Phi) is 5.14. The van der Waals surface area contributed by atoms with Crippen molar-refractivity contribution < 1.29 is 8.42 Å². The summed E-state index contributed by atoms with van der Waals surface area (Å²) in [5.74, 6) is 0.987. The van der Waals surface area contributed by atoms with Gasteiger partial charge in [0.2, 0.25) is 10.0 Å². The number of benzene rings is 2. The Balaban J connectivity index is 1.54. The molecule has 3 N–H and O–H groups in total. The highest BCUT2D eigenvalue weighted by Crippen LogP contribution is 2.27. The number of nitrogens with one attached hydrogen (secondary N) is 1.